The highest BCUT2D eigenvalue weighted by molar-refractivity contribution is 6.64. The molecule has 2 aliphatic rings. The van der Waals surface area contributed by atoms with Crippen LogP contribution in [0.15, 0.2) is 83.7 Å². The maximum absolute atomic E-state index is 14.4. The lowest BCUT2D eigenvalue weighted by Gasteiger charge is -2.19. The molecule has 2 amide bonds. The van der Waals surface area contributed by atoms with Crippen LogP contribution in [0.25, 0.3) is 0 Å². The van der Waals surface area contributed by atoms with E-state index in [4.69, 9.17) is 14.3 Å². The second-order valence-electron chi connectivity index (χ2n) is 11.3. The van der Waals surface area contributed by atoms with E-state index in [0.29, 0.717) is 30.2 Å². The number of amides is 2. The Hall–Kier alpha value is -5.27. The van der Waals surface area contributed by atoms with Crippen molar-refractivity contribution in [2.75, 3.05) is 17.2 Å². The minimum absolute atomic E-state index is 0.0486. The Labute approximate surface area is 268 Å². The molecule has 2 atom stereocenters. The summed E-state index contributed by atoms with van der Waals surface area (Å²) in [5.41, 5.74) is -0.650. The van der Waals surface area contributed by atoms with Crippen LogP contribution in [0.3, 0.4) is 0 Å². The third kappa shape index (κ3) is 6.81. The summed E-state index contributed by atoms with van der Waals surface area (Å²) in [5.74, 6) is -0.314. The van der Waals surface area contributed by atoms with Gasteiger partial charge in [0.2, 0.25) is 11.8 Å². The van der Waals surface area contributed by atoms with E-state index >= 15 is 0 Å². The lowest BCUT2D eigenvalue weighted by molar-refractivity contribution is -0.137. The van der Waals surface area contributed by atoms with E-state index in [0.717, 1.165) is 12.1 Å². The van der Waals surface area contributed by atoms with Gasteiger partial charge in [-0.25, -0.2) is 4.98 Å². The van der Waals surface area contributed by atoms with Gasteiger partial charge in [-0.1, -0.05) is 49.4 Å². The summed E-state index contributed by atoms with van der Waals surface area (Å²) in [4.78, 5) is 45.7. The van der Waals surface area contributed by atoms with Gasteiger partial charge in [-0.3, -0.25) is 19.0 Å². The maximum atomic E-state index is 14.4. The van der Waals surface area contributed by atoms with Crippen molar-refractivity contribution in [2.45, 2.75) is 50.9 Å². The summed E-state index contributed by atoms with van der Waals surface area (Å²) >= 11 is 0. The summed E-state index contributed by atoms with van der Waals surface area (Å²) < 4.78 is 53.5. The summed E-state index contributed by atoms with van der Waals surface area (Å²) in [5, 5.41) is 8.64. The van der Waals surface area contributed by atoms with Crippen LogP contribution in [0.2, 0.25) is 0 Å². The van der Waals surface area contributed by atoms with Crippen molar-refractivity contribution in [3.63, 3.8) is 0 Å². The zero-order chi connectivity index (χ0) is 33.1. The highest BCUT2D eigenvalue weighted by Crippen LogP contribution is 2.38. The molecule has 3 N–H and O–H groups in total. The number of benzene rings is 3. The molecule has 242 valence electrons. The molecule has 2 unspecified atom stereocenters. The van der Waals surface area contributed by atoms with Crippen molar-refractivity contribution in [1.82, 2.24) is 14.9 Å². The Balaban J connectivity index is 1.40. The van der Waals surface area contributed by atoms with E-state index in [-0.39, 0.29) is 48.0 Å². The number of para-hydroxylation sites is 3. The molecule has 3 aromatic carbocycles. The molecule has 0 saturated heterocycles. The van der Waals surface area contributed by atoms with E-state index < -0.39 is 42.3 Å². The van der Waals surface area contributed by atoms with Gasteiger partial charge < -0.3 is 25.3 Å². The van der Waals surface area contributed by atoms with Gasteiger partial charge in [0.15, 0.2) is 0 Å². The number of carbonyl (C=O) groups excluding carboxylic acids is 2. The number of nitrogens with one attached hydrogen (secondary N) is 3. The molecule has 3 heterocycles. The lowest BCUT2D eigenvalue weighted by Crippen LogP contribution is -2.48. The second-order valence-corrected chi connectivity index (χ2v) is 11.3. The minimum atomic E-state index is -4.55. The Kier molecular flexibility index (Phi) is 8.92. The number of anilines is 2. The number of rotatable bonds is 10. The number of fused-ring (bicyclic) bond motifs is 2. The number of hydrogen-bond acceptors (Lipinski definition) is 7. The van der Waals surface area contributed by atoms with Gasteiger partial charge in [0.05, 0.1) is 5.56 Å². The van der Waals surface area contributed by atoms with Crippen molar-refractivity contribution < 1.29 is 32.1 Å². The Morgan fingerprint density at radius 2 is 1.70 bits per heavy atom. The van der Waals surface area contributed by atoms with Crippen LogP contribution in [0.4, 0.5) is 24.5 Å². The topological polar surface area (TPSA) is 124 Å². The van der Waals surface area contributed by atoms with Gasteiger partial charge in [-0.05, 0) is 54.8 Å². The number of alkyl halides is 3. The summed E-state index contributed by atoms with van der Waals surface area (Å²) in [6, 6.07) is 19.5. The van der Waals surface area contributed by atoms with Crippen molar-refractivity contribution in [2.24, 2.45) is 0 Å². The molecular weight excluding hydrogens is 614 g/mol. The van der Waals surface area contributed by atoms with Crippen LogP contribution < -0.4 is 36.4 Å². The first kappa shape index (κ1) is 31.7. The van der Waals surface area contributed by atoms with Crippen LogP contribution >= 0.6 is 0 Å². The predicted octanol–water partition coefficient (Wildman–Crippen LogP) is 4.62. The van der Waals surface area contributed by atoms with Crippen molar-refractivity contribution in [3.05, 3.63) is 106 Å². The zero-order valence-corrected chi connectivity index (χ0v) is 25.3. The Morgan fingerprint density at radius 1 is 1.00 bits per heavy atom. The molecule has 1 aromatic heterocycles. The third-order valence-electron chi connectivity index (χ3n) is 7.96. The largest absolute Gasteiger partial charge is 0.655 e. The van der Waals surface area contributed by atoms with Crippen molar-refractivity contribution >= 4 is 35.9 Å². The maximum Gasteiger partial charge on any atom is 0.655 e. The predicted molar refractivity (Wildman–Crippen MR) is 170 cm³/mol. The van der Waals surface area contributed by atoms with Crippen LogP contribution in [-0.2, 0) is 22.3 Å². The van der Waals surface area contributed by atoms with Crippen molar-refractivity contribution in [3.8, 4) is 11.5 Å². The standard InChI is InChI=1S/C33H31BF3N5O5/c1-2-15-38-31(44)24-17-21(18-27(43)40-23-11-4-3-5-12-23)30-41-29(34-46-25-13-6-7-14-26(25)47-34)28(32(45)42(24)30)39-19-20-9-8-10-22(16-20)33(35,36)37/h3-14,16,21,24,39H,2,15,17-19H2,1H3,(H,38,44)(H,40,43). The molecule has 10 nitrogen and oxygen atoms in total. The van der Waals surface area contributed by atoms with Crippen LogP contribution in [0, 0.1) is 0 Å². The van der Waals surface area contributed by atoms with Gasteiger partial charge in [-0.15, -0.1) is 0 Å². The van der Waals surface area contributed by atoms with Gasteiger partial charge in [0.1, 0.15) is 34.6 Å². The SMILES string of the molecule is CCCNC(=O)C1CC(CC(=O)Nc2ccccc2)c2nc(B3Oc4ccccc4O3)c(NCc3cccc(C(F)(F)F)c3)c(=O)n21. The van der Waals surface area contributed by atoms with E-state index in [9.17, 15) is 27.6 Å². The molecule has 2 aliphatic heterocycles. The van der Waals surface area contributed by atoms with Crippen LogP contribution in [-0.4, -0.2) is 35.0 Å². The molecule has 0 aliphatic carbocycles. The second kappa shape index (κ2) is 13.2. The highest BCUT2D eigenvalue weighted by atomic mass is 19.4. The fourth-order valence-electron chi connectivity index (χ4n) is 5.75. The fourth-order valence-corrected chi connectivity index (χ4v) is 5.75. The van der Waals surface area contributed by atoms with Crippen LogP contribution in [0.1, 0.15) is 55.1 Å². The molecule has 0 spiro atoms. The summed E-state index contributed by atoms with van der Waals surface area (Å²) in [6.07, 6.45) is -3.82. The van der Waals surface area contributed by atoms with Gasteiger partial charge >= 0.3 is 13.3 Å². The minimum Gasteiger partial charge on any atom is -0.518 e. The molecular formula is C33H31BF3N5O5. The van der Waals surface area contributed by atoms with Gasteiger partial charge in [-0.2, -0.15) is 13.2 Å². The average molecular weight is 645 g/mol. The number of carbonyl (C=O) groups is 2. The molecule has 6 rings (SSSR count). The quantitative estimate of drug-likeness (QED) is 0.215. The first-order valence-electron chi connectivity index (χ1n) is 15.2. The summed E-state index contributed by atoms with van der Waals surface area (Å²) in [7, 11) is -1.18. The number of aromatic nitrogens is 2. The summed E-state index contributed by atoms with van der Waals surface area (Å²) in [6.45, 7) is 2.12. The average Bonchev–Trinajstić information content (AvgIpc) is 3.65. The molecule has 0 fully saturated rings. The van der Waals surface area contributed by atoms with E-state index in [2.05, 4.69) is 16.0 Å². The molecule has 0 radical (unpaired) electrons. The molecule has 0 bridgehead atoms. The normalized spacial score (nSPS) is 16.5. The monoisotopic (exact) mass is 645 g/mol. The molecule has 14 heteroatoms. The number of halogens is 3. The van der Waals surface area contributed by atoms with Gasteiger partial charge in [0.25, 0.3) is 5.56 Å². The number of hydrogen-bond donors (Lipinski definition) is 3. The number of nitrogens with zero attached hydrogens (tertiary/aromatic N) is 2. The zero-order valence-electron chi connectivity index (χ0n) is 25.3. The smallest absolute Gasteiger partial charge is 0.518 e. The molecule has 4 aromatic rings. The highest BCUT2D eigenvalue weighted by Gasteiger charge is 2.44. The molecule has 47 heavy (non-hydrogen) atoms. The van der Waals surface area contributed by atoms with Crippen molar-refractivity contribution in [1.29, 1.82) is 0 Å². The van der Waals surface area contributed by atoms with E-state index in [1.54, 1.807) is 48.5 Å². The fraction of sp³-hybridized carbons (Fsp3) is 0.273. The molecule has 0 saturated carbocycles. The Bertz CT molecular complexity index is 1830. The Morgan fingerprint density at radius 3 is 2.38 bits per heavy atom. The first-order chi connectivity index (χ1) is 22.6. The van der Waals surface area contributed by atoms with Crippen LogP contribution in [0.5, 0.6) is 11.5 Å². The van der Waals surface area contributed by atoms with E-state index in [1.807, 2.05) is 13.0 Å². The third-order valence-corrected chi connectivity index (χ3v) is 7.96. The van der Waals surface area contributed by atoms with E-state index in [1.165, 1.54) is 16.7 Å². The van der Waals surface area contributed by atoms with Gasteiger partial charge in [0, 0.05) is 31.1 Å². The lowest BCUT2D eigenvalue weighted by atomic mass is 9.83. The first-order valence-corrected chi connectivity index (χ1v) is 15.2.